The molecule has 0 amide bonds. The smallest absolute Gasteiger partial charge is 0.306 e. The van der Waals surface area contributed by atoms with Crippen molar-refractivity contribution >= 4 is 5.97 Å². The Morgan fingerprint density at radius 3 is 2.63 bits per heavy atom. The van der Waals surface area contributed by atoms with Gasteiger partial charge in [-0.2, -0.15) is 0 Å². The first kappa shape index (κ1) is 14.1. The van der Waals surface area contributed by atoms with Gasteiger partial charge in [0, 0.05) is 12.1 Å². The van der Waals surface area contributed by atoms with E-state index in [2.05, 4.69) is 30.9 Å². The minimum absolute atomic E-state index is 0.177. The van der Waals surface area contributed by atoms with Gasteiger partial charge in [0.15, 0.2) is 0 Å². The number of hydrogen-bond acceptors (Lipinski definition) is 2. The first-order chi connectivity index (χ1) is 9.08. The number of piperidine rings is 1. The number of hydrogen-bond donors (Lipinski definition) is 1. The molecule has 0 saturated carbocycles. The Hall–Kier alpha value is -1.35. The van der Waals surface area contributed by atoms with Gasteiger partial charge in [0.05, 0.1) is 5.92 Å². The molecule has 0 spiro atoms. The second kappa shape index (κ2) is 6.20. The molecule has 3 heteroatoms. The predicted octanol–water partition coefficient (Wildman–Crippen LogP) is 2.80. The van der Waals surface area contributed by atoms with E-state index in [0.717, 1.165) is 25.8 Å². The maximum atomic E-state index is 11.2. The fourth-order valence-electron chi connectivity index (χ4n) is 3.06. The van der Waals surface area contributed by atoms with Crippen molar-refractivity contribution < 1.29 is 9.90 Å². The second-order valence-corrected chi connectivity index (χ2v) is 5.73. The largest absolute Gasteiger partial charge is 0.481 e. The molecule has 1 fully saturated rings. The summed E-state index contributed by atoms with van der Waals surface area (Å²) < 4.78 is 0. The Morgan fingerprint density at radius 2 is 2.05 bits per heavy atom. The fourth-order valence-corrected chi connectivity index (χ4v) is 3.06. The standard InChI is InChI=1S/C16H23NO2/c1-12(2)17-9-8-14(16(18)19)11-15(17)10-13-6-4-3-5-7-13/h3-7,12,14-15H,8-11H2,1-2H3,(H,18,19). The minimum Gasteiger partial charge on any atom is -0.481 e. The van der Waals surface area contributed by atoms with E-state index < -0.39 is 5.97 Å². The van der Waals surface area contributed by atoms with Crippen LogP contribution in [0.5, 0.6) is 0 Å². The summed E-state index contributed by atoms with van der Waals surface area (Å²) in [6.45, 7) is 5.28. The molecule has 1 aliphatic heterocycles. The lowest BCUT2D eigenvalue weighted by Gasteiger charge is -2.41. The van der Waals surface area contributed by atoms with Crippen molar-refractivity contribution in [3.8, 4) is 0 Å². The normalized spacial score (nSPS) is 24.6. The average Bonchev–Trinajstić information content (AvgIpc) is 2.39. The van der Waals surface area contributed by atoms with Gasteiger partial charge < -0.3 is 5.11 Å². The van der Waals surface area contributed by atoms with E-state index in [1.165, 1.54) is 5.56 Å². The minimum atomic E-state index is -0.638. The molecule has 2 rings (SSSR count). The predicted molar refractivity (Wildman–Crippen MR) is 76.1 cm³/mol. The summed E-state index contributed by atoms with van der Waals surface area (Å²) in [5, 5.41) is 9.23. The molecule has 1 N–H and O–H groups in total. The molecule has 1 aliphatic rings. The Kier molecular flexibility index (Phi) is 4.59. The maximum Gasteiger partial charge on any atom is 0.306 e. The molecule has 0 aliphatic carbocycles. The van der Waals surface area contributed by atoms with Crippen LogP contribution >= 0.6 is 0 Å². The summed E-state index contributed by atoms with van der Waals surface area (Å²) in [5.74, 6) is -0.815. The number of carboxylic acid groups (broad SMARTS) is 1. The zero-order valence-electron chi connectivity index (χ0n) is 11.7. The van der Waals surface area contributed by atoms with Gasteiger partial charge >= 0.3 is 5.97 Å². The lowest BCUT2D eigenvalue weighted by atomic mass is 9.87. The van der Waals surface area contributed by atoms with Crippen molar-refractivity contribution in [2.45, 2.75) is 45.2 Å². The van der Waals surface area contributed by atoms with Crippen molar-refractivity contribution in [1.29, 1.82) is 0 Å². The molecule has 1 aromatic rings. The van der Waals surface area contributed by atoms with Crippen LogP contribution in [-0.4, -0.2) is 34.6 Å². The van der Waals surface area contributed by atoms with E-state index in [9.17, 15) is 9.90 Å². The molecule has 0 aromatic heterocycles. The lowest BCUT2D eigenvalue weighted by molar-refractivity contribution is -0.144. The number of carboxylic acids is 1. The summed E-state index contributed by atoms with van der Waals surface area (Å²) in [4.78, 5) is 13.7. The van der Waals surface area contributed by atoms with Gasteiger partial charge in [-0.1, -0.05) is 30.3 Å². The Morgan fingerprint density at radius 1 is 1.37 bits per heavy atom. The fraction of sp³-hybridized carbons (Fsp3) is 0.562. The second-order valence-electron chi connectivity index (χ2n) is 5.73. The third-order valence-electron chi connectivity index (χ3n) is 4.09. The first-order valence-corrected chi connectivity index (χ1v) is 7.10. The van der Waals surface area contributed by atoms with Gasteiger partial charge in [-0.05, 0) is 45.2 Å². The number of aliphatic carboxylic acids is 1. The van der Waals surface area contributed by atoms with Gasteiger partial charge in [-0.25, -0.2) is 0 Å². The van der Waals surface area contributed by atoms with Gasteiger partial charge in [-0.3, -0.25) is 9.69 Å². The van der Waals surface area contributed by atoms with E-state index in [0.29, 0.717) is 12.1 Å². The number of benzene rings is 1. The zero-order chi connectivity index (χ0) is 13.8. The van der Waals surface area contributed by atoms with Crippen LogP contribution in [0.25, 0.3) is 0 Å². The SMILES string of the molecule is CC(C)N1CCC(C(=O)O)CC1Cc1ccccc1. The van der Waals surface area contributed by atoms with Crippen molar-refractivity contribution in [3.63, 3.8) is 0 Å². The van der Waals surface area contributed by atoms with Gasteiger partial charge in [0.25, 0.3) is 0 Å². The van der Waals surface area contributed by atoms with E-state index in [1.54, 1.807) is 0 Å². The summed E-state index contributed by atoms with van der Waals surface area (Å²) in [6, 6.07) is 11.2. The third-order valence-corrected chi connectivity index (χ3v) is 4.09. The van der Waals surface area contributed by atoms with E-state index in [-0.39, 0.29) is 5.92 Å². The van der Waals surface area contributed by atoms with Crippen molar-refractivity contribution in [2.75, 3.05) is 6.54 Å². The number of carbonyl (C=O) groups is 1. The van der Waals surface area contributed by atoms with Crippen LogP contribution in [-0.2, 0) is 11.2 Å². The molecule has 2 unspecified atom stereocenters. The Bertz CT molecular complexity index is 416. The first-order valence-electron chi connectivity index (χ1n) is 7.10. The summed E-state index contributed by atoms with van der Waals surface area (Å²) in [5.41, 5.74) is 1.30. The third kappa shape index (κ3) is 3.57. The average molecular weight is 261 g/mol. The van der Waals surface area contributed by atoms with E-state index in [1.807, 2.05) is 18.2 Å². The monoisotopic (exact) mass is 261 g/mol. The summed E-state index contributed by atoms with van der Waals surface area (Å²) in [7, 11) is 0. The van der Waals surface area contributed by atoms with Gasteiger partial charge in [-0.15, -0.1) is 0 Å². The Balaban J connectivity index is 2.09. The van der Waals surface area contributed by atoms with Crippen molar-refractivity contribution in [3.05, 3.63) is 35.9 Å². The quantitative estimate of drug-likeness (QED) is 0.906. The number of rotatable bonds is 4. The van der Waals surface area contributed by atoms with Crippen molar-refractivity contribution in [2.24, 2.45) is 5.92 Å². The highest BCUT2D eigenvalue weighted by atomic mass is 16.4. The van der Waals surface area contributed by atoms with E-state index >= 15 is 0 Å². The maximum absolute atomic E-state index is 11.2. The van der Waals surface area contributed by atoms with Crippen LogP contribution in [0.15, 0.2) is 30.3 Å². The molecule has 3 nitrogen and oxygen atoms in total. The highest BCUT2D eigenvalue weighted by Gasteiger charge is 2.33. The van der Waals surface area contributed by atoms with Crippen LogP contribution in [0.1, 0.15) is 32.3 Å². The molecule has 1 saturated heterocycles. The van der Waals surface area contributed by atoms with E-state index in [4.69, 9.17) is 0 Å². The molecule has 2 atom stereocenters. The zero-order valence-corrected chi connectivity index (χ0v) is 11.7. The van der Waals surface area contributed by atoms with Crippen LogP contribution in [0, 0.1) is 5.92 Å². The van der Waals surface area contributed by atoms with Gasteiger partial charge in [0.1, 0.15) is 0 Å². The number of likely N-dealkylation sites (tertiary alicyclic amines) is 1. The molecular weight excluding hydrogens is 238 g/mol. The molecule has 0 radical (unpaired) electrons. The molecule has 1 aromatic carbocycles. The highest BCUT2D eigenvalue weighted by molar-refractivity contribution is 5.70. The van der Waals surface area contributed by atoms with Crippen LogP contribution < -0.4 is 0 Å². The molecule has 1 heterocycles. The highest BCUT2D eigenvalue weighted by Crippen LogP contribution is 2.27. The topological polar surface area (TPSA) is 40.5 Å². The van der Waals surface area contributed by atoms with Crippen LogP contribution in [0.3, 0.4) is 0 Å². The summed E-state index contributed by atoms with van der Waals surface area (Å²) in [6.07, 6.45) is 2.49. The molecule has 104 valence electrons. The number of nitrogens with zero attached hydrogens (tertiary/aromatic N) is 1. The molecule has 0 bridgehead atoms. The van der Waals surface area contributed by atoms with Crippen LogP contribution in [0.4, 0.5) is 0 Å². The van der Waals surface area contributed by atoms with Crippen LogP contribution in [0.2, 0.25) is 0 Å². The lowest BCUT2D eigenvalue weighted by Crippen LogP contribution is -2.48. The van der Waals surface area contributed by atoms with Gasteiger partial charge in [0.2, 0.25) is 0 Å². The molecular formula is C16H23NO2. The molecule has 19 heavy (non-hydrogen) atoms. The summed E-state index contributed by atoms with van der Waals surface area (Å²) >= 11 is 0. The Labute approximate surface area is 115 Å². The van der Waals surface area contributed by atoms with Crippen molar-refractivity contribution in [1.82, 2.24) is 4.90 Å².